The molecule has 0 N–H and O–H groups in total. The van der Waals surface area contributed by atoms with Gasteiger partial charge in [0, 0.05) is 17.2 Å². The maximum absolute atomic E-state index is 12.6. The first kappa shape index (κ1) is 20.7. The summed E-state index contributed by atoms with van der Waals surface area (Å²) in [6.45, 7) is 8.54. The van der Waals surface area contributed by atoms with Gasteiger partial charge in [-0.15, -0.1) is 0 Å². The van der Waals surface area contributed by atoms with Crippen molar-refractivity contribution in [3.63, 3.8) is 0 Å². The van der Waals surface area contributed by atoms with Crippen molar-refractivity contribution in [2.24, 2.45) is 5.92 Å². The molecule has 4 nitrogen and oxygen atoms in total. The van der Waals surface area contributed by atoms with E-state index in [9.17, 15) is 9.59 Å². The first-order valence-corrected chi connectivity index (χ1v) is 10.1. The average Bonchev–Trinajstić information content (AvgIpc) is 2.70. The van der Waals surface area contributed by atoms with Crippen LogP contribution in [0.3, 0.4) is 0 Å². The van der Waals surface area contributed by atoms with Crippen LogP contribution in [0, 0.1) is 5.92 Å². The molecule has 3 aromatic rings. The van der Waals surface area contributed by atoms with Gasteiger partial charge in [-0.1, -0.05) is 76.2 Å². The molecule has 1 heterocycles. The molecule has 0 saturated carbocycles. The summed E-state index contributed by atoms with van der Waals surface area (Å²) in [5.74, 6) is 0.882. The molecule has 0 atom stereocenters. The maximum atomic E-state index is 12.6. The fourth-order valence-electron chi connectivity index (χ4n) is 3.28. The van der Waals surface area contributed by atoms with E-state index in [1.54, 1.807) is 6.07 Å². The largest absolute Gasteiger partial charge is 0.292 e. The van der Waals surface area contributed by atoms with Gasteiger partial charge < -0.3 is 0 Å². The van der Waals surface area contributed by atoms with Crippen molar-refractivity contribution in [2.45, 2.75) is 46.6 Å². The van der Waals surface area contributed by atoms with Crippen LogP contribution in [0.5, 0.6) is 0 Å². The number of carbonyl (C=O) groups excluding carboxylic acids is 1. The van der Waals surface area contributed by atoms with Crippen molar-refractivity contribution < 1.29 is 4.79 Å². The molecule has 4 heteroatoms. The predicted molar refractivity (Wildman–Crippen MR) is 117 cm³/mol. The molecule has 0 bridgehead atoms. The van der Waals surface area contributed by atoms with Crippen LogP contribution in [0.1, 0.15) is 55.1 Å². The van der Waals surface area contributed by atoms with Gasteiger partial charge >= 0.3 is 0 Å². The van der Waals surface area contributed by atoms with Gasteiger partial charge in [0.25, 0.3) is 5.56 Å². The molecule has 0 aliphatic rings. The van der Waals surface area contributed by atoms with E-state index in [4.69, 9.17) is 0 Å². The van der Waals surface area contributed by atoms with Crippen molar-refractivity contribution in [3.05, 3.63) is 87.7 Å². The SMILES string of the molecule is CC(C)Cc1ccc(-c2ccc(=O)n(CC(=O)c3ccc(C(C)C)cc3)n2)cc1. The molecule has 2 aromatic carbocycles. The third kappa shape index (κ3) is 5.29. The summed E-state index contributed by atoms with van der Waals surface area (Å²) in [5, 5.41) is 4.43. The summed E-state index contributed by atoms with van der Waals surface area (Å²) >= 11 is 0. The molecule has 0 spiro atoms. The van der Waals surface area contributed by atoms with Gasteiger partial charge in [0.05, 0.1) is 5.69 Å². The van der Waals surface area contributed by atoms with Crippen molar-refractivity contribution in [2.75, 3.05) is 0 Å². The van der Waals surface area contributed by atoms with Crippen LogP contribution in [-0.4, -0.2) is 15.6 Å². The smallest absolute Gasteiger partial charge is 0.267 e. The molecule has 0 fully saturated rings. The molecule has 0 aliphatic carbocycles. The lowest BCUT2D eigenvalue weighted by molar-refractivity contribution is 0.0966. The Labute approximate surface area is 172 Å². The number of aromatic nitrogens is 2. The maximum Gasteiger partial charge on any atom is 0.267 e. The third-order valence-electron chi connectivity index (χ3n) is 4.95. The monoisotopic (exact) mass is 388 g/mol. The second kappa shape index (κ2) is 8.99. The summed E-state index contributed by atoms with van der Waals surface area (Å²) < 4.78 is 1.25. The van der Waals surface area contributed by atoms with Crippen molar-refractivity contribution in [1.29, 1.82) is 0 Å². The van der Waals surface area contributed by atoms with Crippen LogP contribution in [0.2, 0.25) is 0 Å². The minimum Gasteiger partial charge on any atom is -0.292 e. The molecule has 1 aromatic heterocycles. The quantitative estimate of drug-likeness (QED) is 0.528. The Hall–Kier alpha value is -3.01. The third-order valence-corrected chi connectivity index (χ3v) is 4.95. The van der Waals surface area contributed by atoms with E-state index in [1.807, 2.05) is 36.4 Å². The number of rotatable bonds is 7. The van der Waals surface area contributed by atoms with Crippen molar-refractivity contribution in [1.82, 2.24) is 9.78 Å². The fourth-order valence-corrected chi connectivity index (χ4v) is 3.28. The van der Waals surface area contributed by atoms with Crippen LogP contribution >= 0.6 is 0 Å². The van der Waals surface area contributed by atoms with Gasteiger partial charge in [-0.3, -0.25) is 9.59 Å². The average molecular weight is 389 g/mol. The number of hydrogen-bond acceptors (Lipinski definition) is 3. The molecule has 3 rings (SSSR count). The van der Waals surface area contributed by atoms with Gasteiger partial charge in [-0.25, -0.2) is 4.68 Å². The van der Waals surface area contributed by atoms with E-state index >= 15 is 0 Å². The molecule has 0 radical (unpaired) electrons. The molecule has 0 unspecified atom stereocenters. The van der Waals surface area contributed by atoms with E-state index in [2.05, 4.69) is 44.9 Å². The fraction of sp³-hybridized carbons (Fsp3) is 0.320. The summed E-state index contributed by atoms with van der Waals surface area (Å²) in [6, 6.07) is 19.0. The van der Waals surface area contributed by atoms with Crippen molar-refractivity contribution in [3.8, 4) is 11.3 Å². The highest BCUT2D eigenvalue weighted by Gasteiger charge is 2.11. The molecular weight excluding hydrogens is 360 g/mol. The summed E-state index contributed by atoms with van der Waals surface area (Å²) in [6.07, 6.45) is 1.03. The molecule has 150 valence electrons. The number of nitrogens with zero attached hydrogens (tertiary/aromatic N) is 2. The van der Waals surface area contributed by atoms with Crippen LogP contribution < -0.4 is 5.56 Å². The Kier molecular flexibility index (Phi) is 6.42. The summed E-state index contributed by atoms with van der Waals surface area (Å²) in [5.41, 5.74) is 4.38. The lowest BCUT2D eigenvalue weighted by Gasteiger charge is -2.09. The zero-order valence-corrected chi connectivity index (χ0v) is 17.6. The highest BCUT2D eigenvalue weighted by Crippen LogP contribution is 2.18. The highest BCUT2D eigenvalue weighted by molar-refractivity contribution is 5.95. The first-order valence-electron chi connectivity index (χ1n) is 10.1. The summed E-state index contributed by atoms with van der Waals surface area (Å²) in [4.78, 5) is 24.9. The molecule has 0 saturated heterocycles. The number of ketones is 1. The normalized spacial score (nSPS) is 11.2. The van der Waals surface area contributed by atoms with E-state index in [0.717, 1.165) is 12.0 Å². The zero-order chi connectivity index (χ0) is 21.0. The predicted octanol–water partition coefficient (Wildman–Crippen LogP) is 5.12. The first-order chi connectivity index (χ1) is 13.8. The van der Waals surface area contributed by atoms with Crippen molar-refractivity contribution >= 4 is 5.78 Å². The minimum atomic E-state index is -0.280. The molecular formula is C25H28N2O2. The van der Waals surface area contributed by atoms with Gasteiger partial charge in [-0.05, 0) is 35.4 Å². The molecule has 0 aliphatic heterocycles. The Bertz CT molecular complexity index is 1030. The lowest BCUT2D eigenvalue weighted by Crippen LogP contribution is -2.26. The van der Waals surface area contributed by atoms with Crippen LogP contribution in [0.4, 0.5) is 0 Å². The van der Waals surface area contributed by atoms with E-state index in [1.165, 1.54) is 21.9 Å². The second-order valence-electron chi connectivity index (χ2n) is 8.21. The highest BCUT2D eigenvalue weighted by atomic mass is 16.1. The zero-order valence-electron chi connectivity index (χ0n) is 17.6. The van der Waals surface area contributed by atoms with Gasteiger partial charge in [0.1, 0.15) is 6.54 Å². The Morgan fingerprint density at radius 3 is 2.14 bits per heavy atom. The Morgan fingerprint density at radius 1 is 0.897 bits per heavy atom. The van der Waals surface area contributed by atoms with Crippen LogP contribution in [0.15, 0.2) is 65.5 Å². The van der Waals surface area contributed by atoms with Gasteiger partial charge in [0.15, 0.2) is 5.78 Å². The standard InChI is InChI=1S/C25H28N2O2/c1-17(2)15-19-5-7-21(8-6-19)23-13-14-25(29)27(26-23)16-24(28)22-11-9-20(10-12-22)18(3)4/h5-14,17-18H,15-16H2,1-4H3. The lowest BCUT2D eigenvalue weighted by atomic mass is 10.0. The number of Topliss-reactive ketones (excluding diaryl/α,β-unsaturated/α-hetero) is 1. The van der Waals surface area contributed by atoms with E-state index < -0.39 is 0 Å². The Morgan fingerprint density at radius 2 is 1.55 bits per heavy atom. The van der Waals surface area contributed by atoms with E-state index in [-0.39, 0.29) is 17.9 Å². The number of benzene rings is 2. The van der Waals surface area contributed by atoms with Crippen LogP contribution in [-0.2, 0) is 13.0 Å². The molecule has 29 heavy (non-hydrogen) atoms. The van der Waals surface area contributed by atoms with Gasteiger partial charge in [0.2, 0.25) is 0 Å². The minimum absolute atomic E-state index is 0.0703. The Balaban J connectivity index is 1.80. The van der Waals surface area contributed by atoms with Gasteiger partial charge in [-0.2, -0.15) is 5.10 Å². The molecule has 0 amide bonds. The number of carbonyl (C=O) groups is 1. The summed E-state index contributed by atoms with van der Waals surface area (Å²) in [7, 11) is 0. The topological polar surface area (TPSA) is 52.0 Å². The second-order valence-corrected chi connectivity index (χ2v) is 8.21. The van der Waals surface area contributed by atoms with E-state index in [0.29, 0.717) is 23.1 Å². The van der Waals surface area contributed by atoms with Crippen LogP contribution in [0.25, 0.3) is 11.3 Å². The number of hydrogen-bond donors (Lipinski definition) is 0.